The molecule has 0 fully saturated rings. The van der Waals surface area contributed by atoms with Crippen molar-refractivity contribution in [1.82, 2.24) is 0 Å². The average molecular weight is 186 g/mol. The van der Waals surface area contributed by atoms with Crippen LogP contribution in [0, 0.1) is 11.5 Å². The maximum absolute atomic E-state index is 12.2. The molecule has 0 atom stereocenters. The predicted octanol–water partition coefficient (Wildman–Crippen LogP) is 2.60. The maximum atomic E-state index is 12.2. The summed E-state index contributed by atoms with van der Waals surface area (Å²) < 4.78 is 36.7. The first-order chi connectivity index (χ1) is 6.05. The van der Waals surface area contributed by atoms with Crippen molar-refractivity contribution in [2.75, 3.05) is 5.32 Å². The van der Waals surface area contributed by atoms with Gasteiger partial charge in [-0.1, -0.05) is 12.1 Å². The van der Waals surface area contributed by atoms with E-state index in [9.17, 15) is 13.2 Å². The highest BCUT2D eigenvalue weighted by atomic mass is 19.4. The molecule has 0 radical (unpaired) electrons. The van der Waals surface area contributed by atoms with Crippen LogP contribution in [0.5, 0.6) is 0 Å². The molecule has 2 nitrogen and oxygen atoms in total. The Hall–Kier alpha value is -1.70. The van der Waals surface area contributed by atoms with Gasteiger partial charge in [0.15, 0.2) is 6.19 Å². The van der Waals surface area contributed by atoms with Gasteiger partial charge in [0, 0.05) is 0 Å². The molecule has 0 aliphatic heterocycles. The third-order valence-corrected chi connectivity index (χ3v) is 1.42. The number of alkyl halides is 3. The van der Waals surface area contributed by atoms with Gasteiger partial charge in [0.1, 0.15) is 0 Å². The highest BCUT2D eigenvalue weighted by Crippen LogP contribution is 2.34. The summed E-state index contributed by atoms with van der Waals surface area (Å²) in [5.41, 5.74) is -1.06. The number of hydrogen-bond acceptors (Lipinski definition) is 2. The molecular formula is C8H5F3N2. The lowest BCUT2D eigenvalue weighted by molar-refractivity contribution is -0.136. The summed E-state index contributed by atoms with van der Waals surface area (Å²) >= 11 is 0. The monoisotopic (exact) mass is 186 g/mol. The van der Waals surface area contributed by atoms with Crippen LogP contribution in [0.3, 0.4) is 0 Å². The van der Waals surface area contributed by atoms with Crippen LogP contribution in [0.1, 0.15) is 5.56 Å². The number of nitrogens with zero attached hydrogens (tertiary/aromatic N) is 1. The van der Waals surface area contributed by atoms with Gasteiger partial charge < -0.3 is 0 Å². The molecule has 0 aliphatic rings. The number of benzene rings is 1. The summed E-state index contributed by atoms with van der Waals surface area (Å²) in [6, 6.07) is 4.81. The van der Waals surface area contributed by atoms with Gasteiger partial charge in [-0.25, -0.2) is 0 Å². The van der Waals surface area contributed by atoms with Crippen molar-refractivity contribution in [2.24, 2.45) is 0 Å². The molecule has 0 amide bonds. The molecule has 13 heavy (non-hydrogen) atoms. The number of anilines is 1. The van der Waals surface area contributed by atoms with E-state index in [4.69, 9.17) is 5.26 Å². The molecule has 5 heteroatoms. The second-order valence-electron chi connectivity index (χ2n) is 2.28. The van der Waals surface area contributed by atoms with Crippen LogP contribution in [0.15, 0.2) is 24.3 Å². The van der Waals surface area contributed by atoms with E-state index in [2.05, 4.69) is 0 Å². The third kappa shape index (κ3) is 2.12. The highest BCUT2D eigenvalue weighted by Gasteiger charge is 2.32. The molecular weight excluding hydrogens is 181 g/mol. The average Bonchev–Trinajstić information content (AvgIpc) is 2.04. The van der Waals surface area contributed by atoms with E-state index in [1.54, 1.807) is 0 Å². The number of rotatable bonds is 1. The summed E-state index contributed by atoms with van der Waals surface area (Å²) in [6.07, 6.45) is -2.98. The molecule has 1 N–H and O–H groups in total. The molecule has 1 aromatic rings. The minimum Gasteiger partial charge on any atom is -0.292 e. The minimum atomic E-state index is -4.43. The third-order valence-electron chi connectivity index (χ3n) is 1.42. The summed E-state index contributed by atoms with van der Waals surface area (Å²) in [6.45, 7) is 0. The van der Waals surface area contributed by atoms with Crippen molar-refractivity contribution in [1.29, 1.82) is 5.26 Å². The summed E-state index contributed by atoms with van der Waals surface area (Å²) in [7, 11) is 0. The normalized spacial score (nSPS) is 10.6. The molecule has 0 saturated carbocycles. The Morgan fingerprint density at radius 3 is 2.38 bits per heavy atom. The Morgan fingerprint density at radius 1 is 1.23 bits per heavy atom. The Bertz CT molecular complexity index is 338. The van der Waals surface area contributed by atoms with Crippen LogP contribution >= 0.6 is 0 Å². The quantitative estimate of drug-likeness (QED) is 0.540. The van der Waals surface area contributed by atoms with Crippen LogP contribution < -0.4 is 5.32 Å². The fourth-order valence-electron chi connectivity index (χ4n) is 0.900. The zero-order valence-electron chi connectivity index (χ0n) is 6.39. The van der Waals surface area contributed by atoms with Gasteiger partial charge in [-0.3, -0.25) is 5.32 Å². The summed E-state index contributed by atoms with van der Waals surface area (Å²) in [5.74, 6) is 0. The molecule has 0 heterocycles. The lowest BCUT2D eigenvalue weighted by Gasteiger charge is -2.09. The first kappa shape index (κ1) is 9.39. The van der Waals surface area contributed by atoms with E-state index in [-0.39, 0.29) is 5.69 Å². The molecule has 0 aromatic heterocycles. The topological polar surface area (TPSA) is 35.8 Å². The number of nitrogens with one attached hydrogen (secondary N) is 1. The lowest BCUT2D eigenvalue weighted by Crippen LogP contribution is -2.08. The van der Waals surface area contributed by atoms with Gasteiger partial charge in [-0.15, -0.1) is 0 Å². The maximum Gasteiger partial charge on any atom is 0.418 e. The Morgan fingerprint density at radius 2 is 1.85 bits per heavy atom. The zero-order valence-corrected chi connectivity index (χ0v) is 6.39. The lowest BCUT2D eigenvalue weighted by atomic mass is 10.2. The Balaban J connectivity index is 3.14. The number of hydrogen-bond donors (Lipinski definition) is 1. The largest absolute Gasteiger partial charge is 0.418 e. The minimum absolute atomic E-state index is 0.225. The standard InChI is InChI=1S/C8H5F3N2/c9-8(10,11)6-3-1-2-4-7(6)13-5-12/h1-4,13H. The van der Waals surface area contributed by atoms with E-state index in [1.807, 2.05) is 5.32 Å². The first-order valence-corrected chi connectivity index (χ1v) is 3.37. The second kappa shape index (κ2) is 3.35. The van der Waals surface area contributed by atoms with Crippen LogP contribution in [0.2, 0.25) is 0 Å². The van der Waals surface area contributed by atoms with Crippen molar-refractivity contribution < 1.29 is 13.2 Å². The van der Waals surface area contributed by atoms with Crippen molar-refractivity contribution >= 4 is 5.69 Å². The molecule has 1 aromatic carbocycles. The Labute approximate surface area is 72.6 Å². The fraction of sp³-hybridized carbons (Fsp3) is 0.125. The van der Waals surface area contributed by atoms with E-state index in [0.29, 0.717) is 0 Å². The fourth-order valence-corrected chi connectivity index (χ4v) is 0.900. The van der Waals surface area contributed by atoms with Crippen molar-refractivity contribution in [3.05, 3.63) is 29.8 Å². The van der Waals surface area contributed by atoms with Gasteiger partial charge in [0.2, 0.25) is 0 Å². The molecule has 0 aliphatic carbocycles. The van der Waals surface area contributed by atoms with Crippen molar-refractivity contribution in [3.8, 4) is 6.19 Å². The molecule has 0 saturated heterocycles. The van der Waals surface area contributed by atoms with Gasteiger partial charge in [-0.05, 0) is 12.1 Å². The SMILES string of the molecule is N#CNc1ccccc1C(F)(F)F. The second-order valence-corrected chi connectivity index (χ2v) is 2.28. The van der Waals surface area contributed by atoms with E-state index >= 15 is 0 Å². The van der Waals surface area contributed by atoms with Crippen LogP contribution in [0.25, 0.3) is 0 Å². The molecule has 1 rings (SSSR count). The highest BCUT2D eigenvalue weighted by molar-refractivity contribution is 5.54. The zero-order chi connectivity index (χ0) is 9.90. The molecule has 0 spiro atoms. The first-order valence-electron chi connectivity index (χ1n) is 3.37. The number of halogens is 3. The van der Waals surface area contributed by atoms with Gasteiger partial charge in [0.05, 0.1) is 11.3 Å². The summed E-state index contributed by atoms with van der Waals surface area (Å²) in [5, 5.41) is 10.1. The molecule has 68 valence electrons. The molecule has 0 bridgehead atoms. The van der Waals surface area contributed by atoms with Crippen molar-refractivity contribution in [3.63, 3.8) is 0 Å². The Kier molecular flexibility index (Phi) is 2.42. The van der Waals surface area contributed by atoms with Crippen LogP contribution in [-0.4, -0.2) is 0 Å². The molecule has 0 unspecified atom stereocenters. The number of nitriles is 1. The van der Waals surface area contributed by atoms with E-state index < -0.39 is 11.7 Å². The van der Waals surface area contributed by atoms with Gasteiger partial charge in [0.25, 0.3) is 0 Å². The smallest absolute Gasteiger partial charge is 0.292 e. The summed E-state index contributed by atoms with van der Waals surface area (Å²) in [4.78, 5) is 0. The van der Waals surface area contributed by atoms with E-state index in [1.165, 1.54) is 24.4 Å². The van der Waals surface area contributed by atoms with Crippen LogP contribution in [-0.2, 0) is 6.18 Å². The number of para-hydroxylation sites is 1. The van der Waals surface area contributed by atoms with Gasteiger partial charge >= 0.3 is 6.18 Å². The predicted molar refractivity (Wildman–Crippen MR) is 40.7 cm³/mol. The van der Waals surface area contributed by atoms with Crippen LogP contribution in [0.4, 0.5) is 18.9 Å². The van der Waals surface area contributed by atoms with Crippen molar-refractivity contribution in [2.45, 2.75) is 6.18 Å². The van der Waals surface area contributed by atoms with E-state index in [0.717, 1.165) is 6.07 Å². The van der Waals surface area contributed by atoms with Gasteiger partial charge in [-0.2, -0.15) is 18.4 Å².